The van der Waals surface area contributed by atoms with Gasteiger partial charge in [-0.2, -0.15) is 0 Å². The highest BCUT2D eigenvalue weighted by molar-refractivity contribution is 6.18. The Morgan fingerprint density at radius 2 is 1.71 bits per heavy atom. The predicted molar refractivity (Wildman–Crippen MR) is 81.5 cm³/mol. The quantitative estimate of drug-likeness (QED) is 0.575. The number of aromatic carboxylic acids is 1. The Morgan fingerprint density at radius 1 is 0.857 bits per heavy atom. The molecule has 4 heteroatoms. The summed E-state index contributed by atoms with van der Waals surface area (Å²) in [5.41, 5.74) is 2.43. The summed E-state index contributed by atoms with van der Waals surface area (Å²) in [6.07, 6.45) is 0. The SMILES string of the molecule is O=C(O)c1cccc2ccc3nc4ccccc4c3c2n1. The Hall–Kier alpha value is -3.01. The third kappa shape index (κ3) is 1.73. The van der Waals surface area contributed by atoms with Crippen LogP contribution in [0, 0.1) is 0 Å². The van der Waals surface area contributed by atoms with Crippen molar-refractivity contribution in [1.82, 2.24) is 9.97 Å². The smallest absolute Gasteiger partial charge is 0.354 e. The van der Waals surface area contributed by atoms with Gasteiger partial charge in [0.25, 0.3) is 0 Å². The Balaban J connectivity index is 2.29. The van der Waals surface area contributed by atoms with E-state index in [1.165, 1.54) is 6.07 Å². The second kappa shape index (κ2) is 4.24. The van der Waals surface area contributed by atoms with Crippen LogP contribution in [0.4, 0.5) is 0 Å². The van der Waals surface area contributed by atoms with Crippen LogP contribution >= 0.6 is 0 Å². The van der Waals surface area contributed by atoms with Crippen LogP contribution in [-0.2, 0) is 0 Å². The van der Waals surface area contributed by atoms with E-state index in [2.05, 4.69) is 9.97 Å². The zero-order valence-electron chi connectivity index (χ0n) is 10.9. The monoisotopic (exact) mass is 274 g/mol. The maximum absolute atomic E-state index is 11.2. The van der Waals surface area contributed by atoms with Crippen molar-refractivity contribution in [2.24, 2.45) is 0 Å². The summed E-state index contributed by atoms with van der Waals surface area (Å²) in [5, 5.41) is 12.0. The first-order valence-corrected chi connectivity index (χ1v) is 6.55. The molecule has 0 radical (unpaired) electrons. The third-order valence-electron chi connectivity index (χ3n) is 3.58. The fraction of sp³-hybridized carbons (Fsp3) is 0. The highest BCUT2D eigenvalue weighted by Crippen LogP contribution is 2.30. The fourth-order valence-corrected chi connectivity index (χ4v) is 2.64. The molecule has 0 fully saturated rings. The Kier molecular flexibility index (Phi) is 2.38. The summed E-state index contributed by atoms with van der Waals surface area (Å²) in [5.74, 6) is -1.03. The first kappa shape index (κ1) is 11.8. The van der Waals surface area contributed by atoms with E-state index in [1.807, 2.05) is 42.5 Å². The molecule has 0 saturated carbocycles. The van der Waals surface area contributed by atoms with Gasteiger partial charge in [-0.15, -0.1) is 0 Å². The molecule has 4 rings (SSSR count). The minimum absolute atomic E-state index is 0.0304. The standard InChI is InChI=1S/C17H10N2O2/c20-17(21)14-7-3-4-10-8-9-13-15(16(10)19-14)11-5-1-2-6-12(11)18-13/h1-9H,(H,20,21). The number of rotatable bonds is 1. The predicted octanol–water partition coefficient (Wildman–Crippen LogP) is 3.63. The van der Waals surface area contributed by atoms with Crippen LogP contribution in [-0.4, -0.2) is 21.0 Å². The Labute approximate surface area is 119 Å². The van der Waals surface area contributed by atoms with Gasteiger partial charge in [-0.3, -0.25) is 0 Å². The van der Waals surface area contributed by atoms with E-state index >= 15 is 0 Å². The minimum Gasteiger partial charge on any atom is -0.477 e. The van der Waals surface area contributed by atoms with Gasteiger partial charge in [-0.25, -0.2) is 14.8 Å². The molecule has 0 saturated heterocycles. The van der Waals surface area contributed by atoms with Gasteiger partial charge in [0, 0.05) is 16.2 Å². The Morgan fingerprint density at radius 3 is 2.57 bits per heavy atom. The lowest BCUT2D eigenvalue weighted by Crippen LogP contribution is -1.97. The molecule has 0 aliphatic rings. The number of carboxylic acid groups (broad SMARTS) is 1. The van der Waals surface area contributed by atoms with Crippen LogP contribution in [0.2, 0.25) is 0 Å². The van der Waals surface area contributed by atoms with Crippen LogP contribution < -0.4 is 0 Å². The zero-order valence-corrected chi connectivity index (χ0v) is 10.9. The number of carboxylic acids is 1. The summed E-state index contributed by atoms with van der Waals surface area (Å²) in [6, 6.07) is 16.8. The number of carbonyl (C=O) groups is 1. The van der Waals surface area contributed by atoms with Crippen LogP contribution in [0.1, 0.15) is 10.5 Å². The van der Waals surface area contributed by atoms with Crippen molar-refractivity contribution < 1.29 is 9.90 Å². The van der Waals surface area contributed by atoms with Gasteiger partial charge in [-0.1, -0.05) is 36.4 Å². The number of hydrogen-bond acceptors (Lipinski definition) is 3. The van der Waals surface area contributed by atoms with Crippen molar-refractivity contribution in [3.63, 3.8) is 0 Å². The summed E-state index contributed by atoms with van der Waals surface area (Å²) < 4.78 is 0. The zero-order chi connectivity index (χ0) is 14.4. The molecule has 0 bridgehead atoms. The molecule has 1 N–H and O–H groups in total. The number of para-hydroxylation sites is 1. The van der Waals surface area contributed by atoms with E-state index in [4.69, 9.17) is 0 Å². The van der Waals surface area contributed by atoms with Crippen molar-refractivity contribution in [2.45, 2.75) is 0 Å². The van der Waals surface area contributed by atoms with Gasteiger partial charge in [-0.05, 0) is 18.2 Å². The normalized spacial score (nSPS) is 11.2. The maximum Gasteiger partial charge on any atom is 0.354 e. The fourth-order valence-electron chi connectivity index (χ4n) is 2.64. The summed E-state index contributed by atoms with van der Waals surface area (Å²) >= 11 is 0. The van der Waals surface area contributed by atoms with Crippen LogP contribution in [0.5, 0.6) is 0 Å². The van der Waals surface area contributed by atoms with Gasteiger partial charge >= 0.3 is 5.97 Å². The molecule has 2 aromatic carbocycles. The molecule has 4 nitrogen and oxygen atoms in total. The molecule has 100 valence electrons. The molecule has 2 heterocycles. The molecule has 0 atom stereocenters. The highest BCUT2D eigenvalue weighted by Gasteiger charge is 2.11. The van der Waals surface area contributed by atoms with E-state index in [1.54, 1.807) is 6.07 Å². The molecule has 0 unspecified atom stereocenters. The first-order chi connectivity index (χ1) is 10.2. The molecule has 0 aliphatic carbocycles. The van der Waals surface area contributed by atoms with Crippen molar-refractivity contribution in [2.75, 3.05) is 0 Å². The van der Waals surface area contributed by atoms with Crippen LogP contribution in [0.15, 0.2) is 54.6 Å². The molecule has 4 aromatic rings. The minimum atomic E-state index is -1.03. The average molecular weight is 274 g/mol. The lowest BCUT2D eigenvalue weighted by atomic mass is 10.1. The van der Waals surface area contributed by atoms with Crippen LogP contribution in [0.3, 0.4) is 0 Å². The second-order valence-electron chi connectivity index (χ2n) is 4.85. The number of benzene rings is 2. The maximum atomic E-state index is 11.2. The van der Waals surface area contributed by atoms with E-state index < -0.39 is 5.97 Å². The number of hydrogen-bond donors (Lipinski definition) is 1. The van der Waals surface area contributed by atoms with Crippen molar-refractivity contribution in [3.8, 4) is 0 Å². The molecule has 2 aromatic heterocycles. The molecule has 21 heavy (non-hydrogen) atoms. The van der Waals surface area contributed by atoms with Gasteiger partial charge in [0.05, 0.1) is 16.6 Å². The largest absolute Gasteiger partial charge is 0.477 e. The lowest BCUT2D eigenvalue weighted by Gasteiger charge is -1.96. The van der Waals surface area contributed by atoms with E-state index in [0.717, 1.165) is 27.2 Å². The molecular weight excluding hydrogens is 264 g/mol. The lowest BCUT2D eigenvalue weighted by molar-refractivity contribution is 0.0691. The summed E-state index contributed by atoms with van der Waals surface area (Å²) in [4.78, 5) is 20.2. The van der Waals surface area contributed by atoms with Crippen molar-refractivity contribution in [3.05, 3.63) is 60.3 Å². The highest BCUT2D eigenvalue weighted by atomic mass is 16.4. The molecule has 0 spiro atoms. The molecule has 0 aliphatic heterocycles. The number of aromatic nitrogens is 2. The molecular formula is C17H10N2O2. The van der Waals surface area contributed by atoms with Crippen molar-refractivity contribution in [1.29, 1.82) is 0 Å². The van der Waals surface area contributed by atoms with Crippen molar-refractivity contribution >= 4 is 38.7 Å². The van der Waals surface area contributed by atoms with E-state index in [0.29, 0.717) is 5.52 Å². The Bertz CT molecular complexity index is 1020. The number of nitrogens with zero attached hydrogens (tertiary/aromatic N) is 2. The summed E-state index contributed by atoms with van der Waals surface area (Å²) in [7, 11) is 0. The van der Waals surface area contributed by atoms with Gasteiger partial charge < -0.3 is 5.11 Å². The first-order valence-electron chi connectivity index (χ1n) is 6.55. The van der Waals surface area contributed by atoms with Gasteiger partial charge in [0.15, 0.2) is 0 Å². The topological polar surface area (TPSA) is 63.1 Å². The number of fused-ring (bicyclic) bond motifs is 5. The average Bonchev–Trinajstić information content (AvgIpc) is 2.71. The molecule has 0 amide bonds. The van der Waals surface area contributed by atoms with Gasteiger partial charge in [0.2, 0.25) is 0 Å². The second-order valence-corrected chi connectivity index (χ2v) is 4.85. The van der Waals surface area contributed by atoms with E-state index in [-0.39, 0.29) is 5.69 Å². The van der Waals surface area contributed by atoms with Gasteiger partial charge in [0.1, 0.15) is 5.69 Å². The van der Waals surface area contributed by atoms with Crippen LogP contribution in [0.25, 0.3) is 32.7 Å². The van der Waals surface area contributed by atoms with E-state index in [9.17, 15) is 9.90 Å². The summed E-state index contributed by atoms with van der Waals surface area (Å²) in [6.45, 7) is 0. The third-order valence-corrected chi connectivity index (χ3v) is 3.58.